The molecule has 31 heavy (non-hydrogen) atoms. The predicted octanol–water partition coefficient (Wildman–Crippen LogP) is 3.13. The second-order valence-electron chi connectivity index (χ2n) is 9.31. The Morgan fingerprint density at radius 2 is 1.68 bits per heavy atom. The fraction of sp³-hybridized carbons (Fsp3) is 0.625. The van der Waals surface area contributed by atoms with Crippen LogP contribution in [0.25, 0.3) is 0 Å². The number of benzene rings is 1. The number of Topliss-reactive ketones (excluding diaryl/α,β-unsaturated/α-hetero) is 1. The highest BCUT2D eigenvalue weighted by molar-refractivity contribution is 6.02. The minimum atomic E-state index is -1.67. The highest BCUT2D eigenvalue weighted by Gasteiger charge is 2.57. The van der Waals surface area contributed by atoms with Crippen molar-refractivity contribution in [3.63, 3.8) is 0 Å². The first kappa shape index (κ1) is 24.9. The molecule has 0 spiro atoms. The van der Waals surface area contributed by atoms with Crippen LogP contribution < -0.4 is 4.74 Å². The first-order valence-corrected chi connectivity index (χ1v) is 10.7. The van der Waals surface area contributed by atoms with Crippen molar-refractivity contribution in [3.05, 3.63) is 29.8 Å². The number of carbonyl (C=O) groups is 3. The first-order valence-electron chi connectivity index (χ1n) is 10.7. The third-order valence-electron chi connectivity index (χ3n) is 5.37. The summed E-state index contributed by atoms with van der Waals surface area (Å²) in [4.78, 5) is 39.1. The summed E-state index contributed by atoms with van der Waals surface area (Å²) >= 11 is 0. The number of carbonyl (C=O) groups excluding carboxylic acids is 3. The molecule has 1 aromatic carbocycles. The van der Waals surface area contributed by atoms with Gasteiger partial charge in [-0.1, -0.05) is 39.8 Å². The fourth-order valence-electron chi connectivity index (χ4n) is 3.94. The van der Waals surface area contributed by atoms with Crippen LogP contribution in [0.2, 0.25) is 0 Å². The van der Waals surface area contributed by atoms with E-state index in [0.717, 1.165) is 0 Å². The maximum Gasteiger partial charge on any atom is 0.317 e. The monoisotopic (exact) mass is 434 g/mol. The van der Waals surface area contributed by atoms with Gasteiger partial charge >= 0.3 is 11.9 Å². The van der Waals surface area contributed by atoms with E-state index in [1.807, 2.05) is 27.7 Å². The van der Waals surface area contributed by atoms with Crippen LogP contribution in [-0.4, -0.2) is 48.8 Å². The van der Waals surface area contributed by atoms with Gasteiger partial charge in [-0.25, -0.2) is 0 Å². The van der Waals surface area contributed by atoms with Crippen molar-refractivity contribution in [1.82, 2.24) is 0 Å². The zero-order chi connectivity index (χ0) is 23.3. The van der Waals surface area contributed by atoms with Crippen LogP contribution >= 0.6 is 0 Å². The van der Waals surface area contributed by atoms with E-state index in [1.165, 1.54) is 14.0 Å². The van der Waals surface area contributed by atoms with Gasteiger partial charge in [-0.15, -0.1) is 0 Å². The van der Waals surface area contributed by atoms with E-state index in [-0.39, 0.29) is 31.5 Å². The summed E-state index contributed by atoms with van der Waals surface area (Å²) in [5, 5.41) is 11.1. The standard InChI is InChI=1S/C24H34O7/c1-14(2)12-30-22(26)20-18(25)11-24(5,28)21(23(27)31-13-15(3)4)19(20)16-8-7-9-17(10-16)29-6/h7-10,14-15,19-21,28H,11-13H2,1-6H3/t19-,20-,21-,24+/m1/s1. The maximum atomic E-state index is 13.1. The number of hydrogen-bond donors (Lipinski definition) is 1. The number of ketones is 1. The molecule has 0 radical (unpaired) electrons. The van der Waals surface area contributed by atoms with E-state index < -0.39 is 41.1 Å². The molecule has 0 aromatic heterocycles. The molecule has 1 aromatic rings. The molecule has 0 heterocycles. The molecule has 4 atom stereocenters. The minimum absolute atomic E-state index is 0.0906. The summed E-state index contributed by atoms with van der Waals surface area (Å²) in [5.74, 6) is -4.36. The Morgan fingerprint density at radius 1 is 1.10 bits per heavy atom. The zero-order valence-electron chi connectivity index (χ0n) is 19.2. The molecule has 1 fully saturated rings. The minimum Gasteiger partial charge on any atom is -0.497 e. The number of aliphatic hydroxyl groups is 1. The van der Waals surface area contributed by atoms with Gasteiger partial charge in [0.15, 0.2) is 5.78 Å². The average Bonchev–Trinajstić information content (AvgIpc) is 2.69. The van der Waals surface area contributed by atoms with Gasteiger partial charge in [0.05, 0.1) is 31.8 Å². The summed E-state index contributed by atoms with van der Waals surface area (Å²) in [6.07, 6.45) is -0.337. The molecule has 1 saturated carbocycles. The molecule has 0 bridgehead atoms. The molecule has 172 valence electrons. The largest absolute Gasteiger partial charge is 0.497 e. The SMILES string of the molecule is COc1cccc([C@@H]2[C@H](C(=O)OCC(C)C)C(=O)C[C@](C)(O)[C@H]2C(=O)OCC(C)C)c1. The second-order valence-corrected chi connectivity index (χ2v) is 9.31. The quantitative estimate of drug-likeness (QED) is 0.496. The van der Waals surface area contributed by atoms with Crippen molar-refractivity contribution in [3.8, 4) is 5.75 Å². The van der Waals surface area contributed by atoms with Gasteiger partial charge in [-0.2, -0.15) is 0 Å². The lowest BCUT2D eigenvalue weighted by Gasteiger charge is -2.43. The van der Waals surface area contributed by atoms with Gasteiger partial charge in [0.25, 0.3) is 0 Å². The molecule has 0 unspecified atom stereocenters. The summed E-state index contributed by atoms with van der Waals surface area (Å²) in [5.41, 5.74) is -1.14. The highest BCUT2D eigenvalue weighted by atomic mass is 16.5. The molecule has 1 aliphatic rings. The molecule has 2 rings (SSSR count). The summed E-state index contributed by atoms with van der Waals surface area (Å²) in [6.45, 7) is 9.37. The van der Waals surface area contributed by atoms with Crippen molar-refractivity contribution >= 4 is 17.7 Å². The van der Waals surface area contributed by atoms with Crippen LogP contribution in [-0.2, 0) is 23.9 Å². The first-order chi connectivity index (χ1) is 14.5. The second kappa shape index (κ2) is 10.3. The molecule has 0 aliphatic heterocycles. The Morgan fingerprint density at radius 3 is 2.23 bits per heavy atom. The molecular formula is C24H34O7. The Balaban J connectivity index is 2.55. The van der Waals surface area contributed by atoms with E-state index in [1.54, 1.807) is 24.3 Å². The highest BCUT2D eigenvalue weighted by Crippen LogP contribution is 2.47. The number of methoxy groups -OCH3 is 1. The van der Waals surface area contributed by atoms with Crippen molar-refractivity contribution in [2.75, 3.05) is 20.3 Å². The van der Waals surface area contributed by atoms with E-state index in [9.17, 15) is 19.5 Å². The Labute approximate surface area is 184 Å². The lowest BCUT2D eigenvalue weighted by molar-refractivity contribution is -0.173. The summed E-state index contributed by atoms with van der Waals surface area (Å²) in [6, 6.07) is 6.83. The molecule has 1 aliphatic carbocycles. The smallest absolute Gasteiger partial charge is 0.317 e. The molecule has 7 nitrogen and oxygen atoms in total. The molecule has 7 heteroatoms. The molecular weight excluding hydrogens is 400 g/mol. The average molecular weight is 435 g/mol. The van der Waals surface area contributed by atoms with Gasteiger partial charge in [0, 0.05) is 12.3 Å². The van der Waals surface area contributed by atoms with Gasteiger partial charge < -0.3 is 19.3 Å². The van der Waals surface area contributed by atoms with Crippen molar-refractivity contribution in [2.45, 2.75) is 52.6 Å². The van der Waals surface area contributed by atoms with Crippen LogP contribution in [0.5, 0.6) is 5.75 Å². The van der Waals surface area contributed by atoms with Crippen LogP contribution in [0, 0.1) is 23.7 Å². The fourth-order valence-corrected chi connectivity index (χ4v) is 3.94. The number of rotatable bonds is 8. The topological polar surface area (TPSA) is 99.1 Å². The Kier molecular flexibility index (Phi) is 8.23. The van der Waals surface area contributed by atoms with Gasteiger partial charge in [-0.05, 0) is 36.5 Å². The van der Waals surface area contributed by atoms with E-state index in [0.29, 0.717) is 11.3 Å². The third-order valence-corrected chi connectivity index (χ3v) is 5.37. The summed E-state index contributed by atoms with van der Waals surface area (Å²) < 4.78 is 16.1. The number of ether oxygens (including phenoxy) is 3. The lowest BCUT2D eigenvalue weighted by atomic mass is 9.61. The third kappa shape index (κ3) is 6.06. The Bertz CT molecular complexity index is 797. The van der Waals surface area contributed by atoms with Gasteiger partial charge in [0.1, 0.15) is 11.7 Å². The van der Waals surface area contributed by atoms with Crippen LogP contribution in [0.4, 0.5) is 0 Å². The zero-order valence-corrected chi connectivity index (χ0v) is 19.2. The van der Waals surface area contributed by atoms with E-state index in [4.69, 9.17) is 14.2 Å². The Hall–Kier alpha value is -2.41. The molecule has 0 saturated heterocycles. The number of hydrogen-bond acceptors (Lipinski definition) is 7. The molecule has 0 amide bonds. The summed E-state index contributed by atoms with van der Waals surface area (Å²) in [7, 11) is 1.50. The number of esters is 2. The van der Waals surface area contributed by atoms with E-state index >= 15 is 0 Å². The normalized spacial score (nSPS) is 26.1. The van der Waals surface area contributed by atoms with Crippen molar-refractivity contribution in [2.24, 2.45) is 23.7 Å². The van der Waals surface area contributed by atoms with Crippen molar-refractivity contribution < 1.29 is 33.7 Å². The van der Waals surface area contributed by atoms with Gasteiger partial charge in [0.2, 0.25) is 0 Å². The van der Waals surface area contributed by atoms with Crippen molar-refractivity contribution in [1.29, 1.82) is 0 Å². The van der Waals surface area contributed by atoms with E-state index in [2.05, 4.69) is 0 Å². The van der Waals surface area contributed by atoms with Gasteiger partial charge in [-0.3, -0.25) is 14.4 Å². The maximum absolute atomic E-state index is 13.1. The predicted molar refractivity (Wildman–Crippen MR) is 115 cm³/mol. The van der Waals surface area contributed by atoms with Crippen LogP contribution in [0.15, 0.2) is 24.3 Å². The van der Waals surface area contributed by atoms with Crippen LogP contribution in [0.3, 0.4) is 0 Å². The van der Waals surface area contributed by atoms with Crippen LogP contribution in [0.1, 0.15) is 52.5 Å². The lowest BCUT2D eigenvalue weighted by Crippen LogP contribution is -2.55. The molecule has 1 N–H and O–H groups in total.